The number of rotatable bonds is 4. The second kappa shape index (κ2) is 7.74. The zero-order valence-corrected chi connectivity index (χ0v) is 16.8. The number of nitrogens with one attached hydrogen (secondary N) is 1. The topological polar surface area (TPSA) is 74.6 Å². The van der Waals surface area contributed by atoms with Crippen LogP contribution < -0.4 is 19.5 Å². The van der Waals surface area contributed by atoms with E-state index in [1.165, 1.54) is 12.8 Å². The molecule has 3 aromatic rings. The molecule has 1 aromatic heterocycles. The van der Waals surface area contributed by atoms with Gasteiger partial charge in [-0.3, -0.25) is 4.79 Å². The van der Waals surface area contributed by atoms with Gasteiger partial charge in [0.05, 0.1) is 12.8 Å². The molecule has 0 saturated carbocycles. The lowest BCUT2D eigenvalue weighted by Crippen LogP contribution is -2.18. The van der Waals surface area contributed by atoms with Gasteiger partial charge in [-0.15, -0.1) is 0 Å². The molecule has 7 heteroatoms. The number of anilines is 1. The lowest BCUT2D eigenvalue weighted by Gasteiger charge is -2.21. The Hall–Kier alpha value is -3.48. The molecule has 1 amide bonds. The molecule has 0 spiro atoms. The Balaban J connectivity index is 1.33. The van der Waals surface area contributed by atoms with Crippen LogP contribution in [0.3, 0.4) is 0 Å². The van der Waals surface area contributed by atoms with E-state index in [4.69, 9.17) is 19.2 Å². The van der Waals surface area contributed by atoms with E-state index in [0.29, 0.717) is 41.7 Å². The number of carbonyl (C=O) groups is 1. The lowest BCUT2D eigenvalue weighted by atomic mass is 10.1. The average molecular weight is 405 g/mol. The van der Waals surface area contributed by atoms with Crippen molar-refractivity contribution >= 4 is 11.6 Å². The third kappa shape index (κ3) is 3.47. The number of aryl methyl sites for hydroxylation is 2. The van der Waals surface area contributed by atoms with Crippen LogP contribution in [0, 0.1) is 0 Å². The number of benzene rings is 2. The van der Waals surface area contributed by atoms with Gasteiger partial charge in [0.1, 0.15) is 19.0 Å². The second-order valence-corrected chi connectivity index (χ2v) is 7.43. The molecule has 154 valence electrons. The number of hydrogen-bond acceptors (Lipinski definition) is 5. The number of carbonyl (C=O) groups excluding carboxylic acids is 1. The zero-order chi connectivity index (χ0) is 20.5. The molecule has 0 radical (unpaired) electrons. The summed E-state index contributed by atoms with van der Waals surface area (Å²) in [6.07, 6.45) is 5.56. The van der Waals surface area contributed by atoms with Crippen molar-refractivity contribution in [3.8, 4) is 28.5 Å². The molecule has 0 unspecified atom stereocenters. The third-order valence-corrected chi connectivity index (χ3v) is 5.44. The molecule has 30 heavy (non-hydrogen) atoms. The van der Waals surface area contributed by atoms with Crippen LogP contribution in [0.2, 0.25) is 0 Å². The van der Waals surface area contributed by atoms with Gasteiger partial charge in [-0.05, 0) is 37.1 Å². The number of amides is 1. The quantitative estimate of drug-likeness (QED) is 0.712. The summed E-state index contributed by atoms with van der Waals surface area (Å²) >= 11 is 0. The van der Waals surface area contributed by atoms with Crippen LogP contribution in [-0.4, -0.2) is 35.8 Å². The van der Waals surface area contributed by atoms with Crippen molar-refractivity contribution in [1.29, 1.82) is 0 Å². The summed E-state index contributed by atoms with van der Waals surface area (Å²) in [6.45, 7) is 1.94. The number of fused-ring (bicyclic) bond motifs is 2. The molecule has 2 aliphatic rings. The maximum Gasteiger partial charge on any atom is 0.255 e. The van der Waals surface area contributed by atoms with Gasteiger partial charge in [-0.2, -0.15) is 0 Å². The second-order valence-electron chi connectivity index (χ2n) is 7.43. The summed E-state index contributed by atoms with van der Waals surface area (Å²) in [4.78, 5) is 17.5. The van der Waals surface area contributed by atoms with E-state index in [9.17, 15) is 4.79 Å². The normalized spacial score (nSPS) is 14.7. The maximum absolute atomic E-state index is 12.8. The Labute approximate surface area is 174 Å². The van der Waals surface area contributed by atoms with E-state index in [1.807, 2.05) is 24.3 Å². The summed E-state index contributed by atoms with van der Waals surface area (Å²) in [5.41, 5.74) is 3.17. The fourth-order valence-corrected chi connectivity index (χ4v) is 3.88. The number of ether oxygens (including phenoxy) is 3. The van der Waals surface area contributed by atoms with E-state index in [2.05, 4.69) is 16.1 Å². The monoisotopic (exact) mass is 405 g/mol. The minimum atomic E-state index is -0.240. The Morgan fingerprint density at radius 1 is 1.13 bits per heavy atom. The summed E-state index contributed by atoms with van der Waals surface area (Å²) in [6, 6.07) is 11.1. The van der Waals surface area contributed by atoms with Crippen molar-refractivity contribution in [2.45, 2.75) is 25.8 Å². The molecular formula is C23H23N3O4. The van der Waals surface area contributed by atoms with Crippen molar-refractivity contribution in [2.75, 3.05) is 25.6 Å². The van der Waals surface area contributed by atoms with Crippen molar-refractivity contribution in [3.05, 3.63) is 54.0 Å². The van der Waals surface area contributed by atoms with E-state index in [1.54, 1.807) is 19.2 Å². The number of aromatic nitrogens is 2. The molecule has 7 nitrogen and oxygen atoms in total. The molecule has 0 atom stereocenters. The van der Waals surface area contributed by atoms with Crippen LogP contribution in [0.25, 0.3) is 11.3 Å². The Morgan fingerprint density at radius 3 is 2.77 bits per heavy atom. The lowest BCUT2D eigenvalue weighted by molar-refractivity contribution is 0.102. The first-order valence-electron chi connectivity index (χ1n) is 10.2. The summed E-state index contributed by atoms with van der Waals surface area (Å²) < 4.78 is 18.8. The van der Waals surface area contributed by atoms with E-state index in [0.717, 1.165) is 30.0 Å². The molecular weight excluding hydrogens is 382 g/mol. The first-order chi connectivity index (χ1) is 14.7. The molecule has 0 fully saturated rings. The summed E-state index contributed by atoms with van der Waals surface area (Å²) in [5.74, 6) is 2.45. The van der Waals surface area contributed by atoms with Crippen LogP contribution in [0.5, 0.6) is 17.2 Å². The molecule has 0 aliphatic carbocycles. The predicted octanol–water partition coefficient (Wildman–Crippen LogP) is 3.92. The van der Waals surface area contributed by atoms with Gasteiger partial charge in [0.15, 0.2) is 11.5 Å². The Bertz CT molecular complexity index is 1050. The first kappa shape index (κ1) is 18.5. The Kier molecular flexibility index (Phi) is 4.78. The van der Waals surface area contributed by atoms with Crippen LogP contribution in [0.4, 0.5) is 5.69 Å². The molecule has 5 rings (SSSR count). The van der Waals surface area contributed by atoms with Gasteiger partial charge in [0, 0.05) is 36.0 Å². The minimum absolute atomic E-state index is 0.240. The smallest absolute Gasteiger partial charge is 0.255 e. The highest BCUT2D eigenvalue weighted by Crippen LogP contribution is 2.40. The van der Waals surface area contributed by atoms with Gasteiger partial charge >= 0.3 is 0 Å². The van der Waals surface area contributed by atoms with Crippen molar-refractivity contribution in [1.82, 2.24) is 9.55 Å². The maximum atomic E-state index is 12.8. The fourth-order valence-electron chi connectivity index (χ4n) is 3.88. The van der Waals surface area contributed by atoms with Gasteiger partial charge in [-0.25, -0.2) is 4.98 Å². The van der Waals surface area contributed by atoms with Crippen LogP contribution in [0.1, 0.15) is 29.0 Å². The highest BCUT2D eigenvalue weighted by atomic mass is 16.6. The number of methoxy groups -OCH3 is 1. The van der Waals surface area contributed by atoms with Crippen molar-refractivity contribution in [2.24, 2.45) is 0 Å². The van der Waals surface area contributed by atoms with E-state index >= 15 is 0 Å². The molecule has 1 N–H and O–H groups in total. The molecule has 0 saturated heterocycles. The number of imidazole rings is 1. The molecule has 0 bridgehead atoms. The highest BCUT2D eigenvalue weighted by Gasteiger charge is 2.21. The zero-order valence-electron chi connectivity index (χ0n) is 16.8. The van der Waals surface area contributed by atoms with E-state index < -0.39 is 0 Å². The molecule has 2 aliphatic heterocycles. The first-order valence-corrected chi connectivity index (χ1v) is 10.2. The average Bonchev–Trinajstić information content (AvgIpc) is 3.23. The highest BCUT2D eigenvalue weighted by molar-refractivity contribution is 6.05. The summed E-state index contributed by atoms with van der Waals surface area (Å²) in [7, 11) is 1.54. The van der Waals surface area contributed by atoms with Crippen molar-refractivity contribution < 1.29 is 19.0 Å². The van der Waals surface area contributed by atoms with Crippen LogP contribution in [0.15, 0.2) is 42.6 Å². The molecule has 2 aromatic carbocycles. The SMILES string of the molecule is COc1cc(C(=O)Nc2ccc(-c3cn4c(n3)CCCC4)cc2)cc2c1OCCO2. The minimum Gasteiger partial charge on any atom is -0.493 e. The van der Waals surface area contributed by atoms with Crippen molar-refractivity contribution in [3.63, 3.8) is 0 Å². The molecule has 3 heterocycles. The standard InChI is InChI=1S/C23H23N3O4/c1-28-19-12-16(13-20-22(19)30-11-10-29-20)23(27)24-17-7-5-15(6-8-17)18-14-26-9-3-2-4-21(26)25-18/h5-8,12-14H,2-4,9-11H2,1H3,(H,24,27). The van der Waals surface area contributed by atoms with Gasteiger partial charge in [-0.1, -0.05) is 12.1 Å². The fraction of sp³-hybridized carbons (Fsp3) is 0.304. The van der Waals surface area contributed by atoms with Gasteiger partial charge < -0.3 is 24.1 Å². The number of nitrogens with zero attached hydrogens (tertiary/aromatic N) is 2. The number of hydrogen-bond donors (Lipinski definition) is 1. The summed E-state index contributed by atoms with van der Waals surface area (Å²) in [5, 5.41) is 2.93. The third-order valence-electron chi connectivity index (χ3n) is 5.44. The van der Waals surface area contributed by atoms with Gasteiger partial charge in [0.25, 0.3) is 5.91 Å². The van der Waals surface area contributed by atoms with E-state index in [-0.39, 0.29) is 5.91 Å². The Morgan fingerprint density at radius 2 is 1.97 bits per heavy atom. The predicted molar refractivity (Wildman–Crippen MR) is 113 cm³/mol. The van der Waals surface area contributed by atoms with Crippen LogP contribution in [-0.2, 0) is 13.0 Å². The van der Waals surface area contributed by atoms with Gasteiger partial charge in [0.2, 0.25) is 5.75 Å². The largest absolute Gasteiger partial charge is 0.493 e. The van der Waals surface area contributed by atoms with Crippen LogP contribution >= 0.6 is 0 Å².